The van der Waals surface area contributed by atoms with Crippen LogP contribution in [0.3, 0.4) is 0 Å². The predicted octanol–water partition coefficient (Wildman–Crippen LogP) is 22.8. The number of aliphatic hydroxyl groups excluding tert-OH is 1. The molecule has 0 aliphatic carbocycles. The van der Waals surface area contributed by atoms with Crippen molar-refractivity contribution in [2.45, 2.75) is 414 Å². The smallest absolute Gasteiger partial charge is 0.462 e. The van der Waals surface area contributed by atoms with Gasteiger partial charge in [-0.1, -0.05) is 344 Å². The van der Waals surface area contributed by atoms with E-state index < -0.39 is 97.5 Å². The molecule has 0 aromatic heterocycles. The van der Waals surface area contributed by atoms with Crippen molar-refractivity contribution >= 4 is 39.5 Å². The average molecular weight is 1420 g/mol. The first kappa shape index (κ1) is 95.1. The summed E-state index contributed by atoms with van der Waals surface area (Å²) >= 11 is 0. The summed E-state index contributed by atoms with van der Waals surface area (Å²) in [6.07, 6.45) is 53.0. The number of aliphatic hydroxyl groups is 1. The van der Waals surface area contributed by atoms with Gasteiger partial charge in [-0.3, -0.25) is 37.3 Å². The molecule has 0 spiro atoms. The molecule has 97 heavy (non-hydrogen) atoms. The summed E-state index contributed by atoms with van der Waals surface area (Å²) in [5, 5.41) is 10.6. The molecule has 19 heteroatoms. The van der Waals surface area contributed by atoms with E-state index in [1.165, 1.54) is 193 Å². The molecule has 3 N–H and O–H groups in total. The van der Waals surface area contributed by atoms with Crippen molar-refractivity contribution in [1.29, 1.82) is 0 Å². The fourth-order valence-corrected chi connectivity index (χ4v) is 13.5. The Labute approximate surface area is 594 Å². The van der Waals surface area contributed by atoms with E-state index in [0.29, 0.717) is 37.5 Å². The minimum Gasteiger partial charge on any atom is -0.462 e. The number of phosphoric acid groups is 2. The number of esters is 4. The predicted molar refractivity (Wildman–Crippen MR) is 395 cm³/mol. The normalized spacial score (nSPS) is 14.4. The number of hydrogen-bond donors (Lipinski definition) is 3. The molecule has 6 atom stereocenters. The van der Waals surface area contributed by atoms with E-state index >= 15 is 0 Å². The number of carbonyl (C=O) groups excluding carboxylic acids is 4. The molecule has 0 aliphatic heterocycles. The highest BCUT2D eigenvalue weighted by molar-refractivity contribution is 7.47. The van der Waals surface area contributed by atoms with Crippen molar-refractivity contribution in [2.24, 2.45) is 23.7 Å². The average Bonchev–Trinajstić information content (AvgIpc) is 1.78. The van der Waals surface area contributed by atoms with Crippen molar-refractivity contribution in [3.8, 4) is 0 Å². The summed E-state index contributed by atoms with van der Waals surface area (Å²) in [4.78, 5) is 72.8. The van der Waals surface area contributed by atoms with E-state index in [1.807, 2.05) is 0 Å². The van der Waals surface area contributed by atoms with Crippen LogP contribution in [0.1, 0.15) is 396 Å². The zero-order valence-corrected chi connectivity index (χ0v) is 65.5. The third-order valence-corrected chi connectivity index (χ3v) is 20.3. The van der Waals surface area contributed by atoms with E-state index in [4.69, 9.17) is 37.0 Å². The van der Waals surface area contributed by atoms with Crippen LogP contribution in [0.2, 0.25) is 0 Å². The second kappa shape index (κ2) is 67.2. The fourth-order valence-electron chi connectivity index (χ4n) is 11.9. The third kappa shape index (κ3) is 70.9. The zero-order chi connectivity index (χ0) is 71.7. The van der Waals surface area contributed by atoms with Crippen LogP contribution in [0.25, 0.3) is 0 Å². The van der Waals surface area contributed by atoms with Crippen LogP contribution < -0.4 is 0 Å². The Bertz CT molecular complexity index is 1900. The molecule has 0 saturated carbocycles. The van der Waals surface area contributed by atoms with Crippen molar-refractivity contribution in [2.75, 3.05) is 39.6 Å². The highest BCUT2D eigenvalue weighted by Crippen LogP contribution is 2.45. The number of rotatable bonds is 75. The molecule has 17 nitrogen and oxygen atoms in total. The van der Waals surface area contributed by atoms with Crippen LogP contribution in [0.5, 0.6) is 0 Å². The SMILES string of the molecule is CCC(C)CCCCCCCCCCCCCCCCCCCCC(=O)O[C@H](COC(=O)CCCCCCCCCC(C)C)COP(=O)(O)OCC(O)COP(=O)(O)OC[C@@H](COC(=O)CCCCCCCCCCCCCCC(C)C)OC(=O)CCCCCCCCCC(C)C. The molecule has 0 aliphatic rings. The molecule has 0 bridgehead atoms. The van der Waals surface area contributed by atoms with E-state index in [2.05, 4.69) is 55.4 Å². The lowest BCUT2D eigenvalue weighted by Crippen LogP contribution is -2.30. The molecule has 576 valence electrons. The first-order valence-electron chi connectivity index (χ1n) is 40.2. The zero-order valence-electron chi connectivity index (χ0n) is 63.7. The van der Waals surface area contributed by atoms with Gasteiger partial charge in [0.2, 0.25) is 0 Å². The highest BCUT2D eigenvalue weighted by atomic mass is 31.2. The van der Waals surface area contributed by atoms with E-state index in [1.54, 1.807) is 0 Å². The fraction of sp³-hybridized carbons (Fsp3) is 0.949. The summed E-state index contributed by atoms with van der Waals surface area (Å²) in [5.74, 6) is 0.931. The van der Waals surface area contributed by atoms with Gasteiger partial charge in [-0.05, 0) is 49.4 Å². The van der Waals surface area contributed by atoms with Gasteiger partial charge in [0.25, 0.3) is 0 Å². The van der Waals surface area contributed by atoms with Gasteiger partial charge in [-0.2, -0.15) is 0 Å². The summed E-state index contributed by atoms with van der Waals surface area (Å²) < 4.78 is 68.5. The van der Waals surface area contributed by atoms with Gasteiger partial charge in [0, 0.05) is 25.7 Å². The topological polar surface area (TPSA) is 237 Å². The Morgan fingerprint density at radius 3 is 0.732 bits per heavy atom. The van der Waals surface area contributed by atoms with Gasteiger partial charge in [-0.15, -0.1) is 0 Å². The summed E-state index contributed by atoms with van der Waals surface area (Å²) in [6.45, 7) is 14.2. The minimum atomic E-state index is -4.96. The molecule has 0 heterocycles. The third-order valence-electron chi connectivity index (χ3n) is 18.4. The second-order valence-electron chi connectivity index (χ2n) is 29.8. The lowest BCUT2D eigenvalue weighted by atomic mass is 9.99. The number of carbonyl (C=O) groups is 4. The maximum absolute atomic E-state index is 13.1. The molecule has 0 saturated heterocycles. The van der Waals surface area contributed by atoms with Crippen molar-refractivity contribution in [3.63, 3.8) is 0 Å². The van der Waals surface area contributed by atoms with Gasteiger partial charge >= 0.3 is 39.5 Å². The molecule has 0 amide bonds. The van der Waals surface area contributed by atoms with E-state index in [-0.39, 0.29) is 25.7 Å². The molecular formula is C78H152O17P2. The monoisotopic (exact) mass is 1420 g/mol. The standard InChI is InChI=1S/C78H152O17P2/c1-9-71(8)57-49-41-33-25-21-16-14-12-10-11-13-15-17-23-27-35-44-52-60-77(82)94-73(65-89-76(81)59-51-43-36-28-31-39-47-55-69(4)5)66-92-96(84,85)90-62-72(79)63-91-97(86,87)93-67-74(95-78(83)61-53-45-37-29-32-40-48-56-70(6)7)64-88-75(80)58-50-42-34-26-22-19-18-20-24-30-38-46-54-68(2)3/h68-74,79H,9-67H2,1-8H3,(H,84,85)(H,86,87)/t71?,72?,73-,74-/m1/s1. The van der Waals surface area contributed by atoms with Crippen molar-refractivity contribution in [1.82, 2.24) is 0 Å². The molecular weight excluding hydrogens is 1270 g/mol. The van der Waals surface area contributed by atoms with Crippen LogP contribution in [0, 0.1) is 23.7 Å². The molecule has 0 rings (SSSR count). The highest BCUT2D eigenvalue weighted by Gasteiger charge is 2.30. The van der Waals surface area contributed by atoms with Gasteiger partial charge in [0.1, 0.15) is 19.3 Å². The number of ether oxygens (including phenoxy) is 4. The first-order valence-corrected chi connectivity index (χ1v) is 43.2. The lowest BCUT2D eigenvalue weighted by molar-refractivity contribution is -0.161. The first-order chi connectivity index (χ1) is 46.6. The molecule has 0 aromatic carbocycles. The van der Waals surface area contributed by atoms with E-state index in [0.717, 1.165) is 108 Å². The molecule has 4 unspecified atom stereocenters. The number of unbranched alkanes of at least 4 members (excludes halogenated alkanes) is 40. The molecule has 0 radical (unpaired) electrons. The maximum atomic E-state index is 13.1. The van der Waals surface area contributed by atoms with Gasteiger partial charge in [0.15, 0.2) is 12.2 Å². The summed E-state index contributed by atoms with van der Waals surface area (Å²) in [5.41, 5.74) is 0. The van der Waals surface area contributed by atoms with Crippen LogP contribution in [-0.2, 0) is 65.4 Å². The van der Waals surface area contributed by atoms with Crippen molar-refractivity contribution in [3.05, 3.63) is 0 Å². The van der Waals surface area contributed by atoms with Gasteiger partial charge in [-0.25, -0.2) is 9.13 Å². The number of hydrogen-bond acceptors (Lipinski definition) is 15. The molecule has 0 aromatic rings. The minimum absolute atomic E-state index is 0.103. The lowest BCUT2D eigenvalue weighted by Gasteiger charge is -2.21. The Balaban J connectivity index is 5.15. The second-order valence-corrected chi connectivity index (χ2v) is 32.7. The largest absolute Gasteiger partial charge is 0.472 e. The van der Waals surface area contributed by atoms with Crippen LogP contribution in [-0.4, -0.2) is 96.7 Å². The van der Waals surface area contributed by atoms with Crippen LogP contribution in [0.4, 0.5) is 0 Å². The Hall–Kier alpha value is -1.94. The van der Waals surface area contributed by atoms with Crippen molar-refractivity contribution < 1.29 is 80.2 Å². The van der Waals surface area contributed by atoms with Crippen LogP contribution in [0.15, 0.2) is 0 Å². The quantitative estimate of drug-likeness (QED) is 0.0222. The summed E-state index contributed by atoms with van der Waals surface area (Å²) in [6, 6.07) is 0. The molecule has 0 fully saturated rings. The Morgan fingerprint density at radius 1 is 0.289 bits per heavy atom. The van der Waals surface area contributed by atoms with Crippen LogP contribution >= 0.6 is 15.6 Å². The Morgan fingerprint density at radius 2 is 0.495 bits per heavy atom. The van der Waals surface area contributed by atoms with Gasteiger partial charge < -0.3 is 33.8 Å². The maximum Gasteiger partial charge on any atom is 0.472 e. The number of phosphoric ester groups is 2. The van der Waals surface area contributed by atoms with Gasteiger partial charge in [0.05, 0.1) is 26.4 Å². The summed E-state index contributed by atoms with van der Waals surface area (Å²) in [7, 11) is -9.91. The Kier molecular flexibility index (Phi) is 65.9. The van der Waals surface area contributed by atoms with E-state index in [9.17, 15) is 43.2 Å².